The molecule has 1 aromatic carbocycles. The Hall–Kier alpha value is -1.35. The van der Waals surface area contributed by atoms with Gasteiger partial charge in [0.25, 0.3) is 0 Å². The largest absolute Gasteiger partial charge is 0.478 e. The van der Waals surface area contributed by atoms with E-state index in [-0.39, 0.29) is 12.0 Å². The molecule has 0 radical (unpaired) electrons. The predicted molar refractivity (Wildman–Crippen MR) is 54.1 cm³/mol. The van der Waals surface area contributed by atoms with Crippen molar-refractivity contribution in [1.29, 1.82) is 0 Å². The number of carbonyl (C=O) groups is 1. The van der Waals surface area contributed by atoms with Crippen molar-refractivity contribution in [1.82, 2.24) is 0 Å². The fourth-order valence-electron chi connectivity index (χ4n) is 3.00. The summed E-state index contributed by atoms with van der Waals surface area (Å²) < 4.78 is 0. The molecule has 0 spiro atoms. The number of benzene rings is 1. The lowest BCUT2D eigenvalue weighted by atomic mass is 9.89. The van der Waals surface area contributed by atoms with Crippen molar-refractivity contribution in [2.75, 3.05) is 0 Å². The summed E-state index contributed by atoms with van der Waals surface area (Å²) in [5.41, 5.74) is 2.66. The second kappa shape index (κ2) is 2.83. The average molecular weight is 204 g/mol. The third kappa shape index (κ3) is 1.13. The molecule has 2 N–H and O–H groups in total. The first-order valence-electron chi connectivity index (χ1n) is 5.22. The fraction of sp³-hybridized carbons (Fsp3) is 0.417. The van der Waals surface area contributed by atoms with Crippen molar-refractivity contribution in [3.8, 4) is 0 Å². The maximum absolute atomic E-state index is 10.8. The molecule has 2 bridgehead atoms. The average Bonchev–Trinajstić information content (AvgIpc) is 2.74. The summed E-state index contributed by atoms with van der Waals surface area (Å²) in [6.07, 6.45) is 1.55. The van der Waals surface area contributed by atoms with Crippen molar-refractivity contribution in [2.45, 2.75) is 30.8 Å². The van der Waals surface area contributed by atoms with E-state index in [1.165, 1.54) is 0 Å². The minimum Gasteiger partial charge on any atom is -0.478 e. The molecule has 1 aromatic rings. The first-order chi connectivity index (χ1) is 7.16. The van der Waals surface area contributed by atoms with E-state index in [0.717, 1.165) is 24.0 Å². The van der Waals surface area contributed by atoms with E-state index in [2.05, 4.69) is 0 Å². The minimum absolute atomic E-state index is 0.224. The number of hydrogen-bond donors (Lipinski definition) is 2. The summed E-state index contributed by atoms with van der Waals surface area (Å²) in [6.45, 7) is 0. The topological polar surface area (TPSA) is 57.5 Å². The molecule has 3 rings (SSSR count). The molecule has 2 aliphatic rings. The van der Waals surface area contributed by atoms with Gasteiger partial charge in [-0.3, -0.25) is 0 Å². The number of fused-ring (bicyclic) bond motifs is 5. The summed E-state index contributed by atoms with van der Waals surface area (Å²) >= 11 is 0. The normalized spacial score (nSPS) is 31.7. The molecular weight excluding hydrogens is 192 g/mol. The number of carboxylic acid groups (broad SMARTS) is 1. The van der Waals surface area contributed by atoms with Gasteiger partial charge in [-0.25, -0.2) is 4.79 Å². The highest BCUT2D eigenvalue weighted by atomic mass is 16.4. The Balaban J connectivity index is 2.09. The molecule has 15 heavy (non-hydrogen) atoms. The van der Waals surface area contributed by atoms with E-state index in [0.29, 0.717) is 11.5 Å². The molecule has 2 aliphatic carbocycles. The van der Waals surface area contributed by atoms with E-state index < -0.39 is 5.97 Å². The van der Waals surface area contributed by atoms with Gasteiger partial charge in [-0.2, -0.15) is 0 Å². The van der Waals surface area contributed by atoms with Crippen LogP contribution in [0.3, 0.4) is 0 Å². The number of rotatable bonds is 1. The van der Waals surface area contributed by atoms with Crippen LogP contribution in [-0.4, -0.2) is 22.3 Å². The molecule has 0 amide bonds. The Labute approximate surface area is 87.4 Å². The van der Waals surface area contributed by atoms with Crippen molar-refractivity contribution in [3.05, 3.63) is 34.9 Å². The quantitative estimate of drug-likeness (QED) is 0.732. The molecule has 3 atom stereocenters. The highest BCUT2D eigenvalue weighted by Gasteiger charge is 2.43. The highest BCUT2D eigenvalue weighted by molar-refractivity contribution is 5.88. The van der Waals surface area contributed by atoms with Crippen LogP contribution >= 0.6 is 0 Å². The molecule has 1 fully saturated rings. The van der Waals surface area contributed by atoms with Crippen molar-refractivity contribution < 1.29 is 15.0 Å². The van der Waals surface area contributed by atoms with Gasteiger partial charge in [0.2, 0.25) is 0 Å². The zero-order valence-corrected chi connectivity index (χ0v) is 8.18. The van der Waals surface area contributed by atoms with Crippen LogP contribution in [0.4, 0.5) is 0 Å². The maximum atomic E-state index is 10.8. The van der Waals surface area contributed by atoms with Crippen molar-refractivity contribution in [2.24, 2.45) is 0 Å². The number of aliphatic hydroxyl groups is 1. The van der Waals surface area contributed by atoms with Crippen LogP contribution in [0.1, 0.15) is 46.2 Å². The number of hydrogen-bond acceptors (Lipinski definition) is 2. The maximum Gasteiger partial charge on any atom is 0.335 e. The third-order valence-corrected chi connectivity index (χ3v) is 3.70. The smallest absolute Gasteiger partial charge is 0.335 e. The Kier molecular flexibility index (Phi) is 1.68. The standard InChI is InChI=1S/C12H12O3/c13-11-5-7-4-10(11)8-2-1-6(12(14)15)3-9(7)8/h1-3,7,10-11,13H,4-5H2,(H,14,15)/t7-,10-,11-/m0/s1. The summed E-state index contributed by atoms with van der Waals surface area (Å²) in [7, 11) is 0. The lowest BCUT2D eigenvalue weighted by Gasteiger charge is -2.20. The monoisotopic (exact) mass is 204 g/mol. The van der Waals surface area contributed by atoms with Crippen LogP contribution in [0, 0.1) is 0 Å². The van der Waals surface area contributed by atoms with Gasteiger partial charge in [0.1, 0.15) is 0 Å². The molecule has 0 saturated heterocycles. The molecule has 0 heterocycles. The molecule has 1 saturated carbocycles. The zero-order valence-electron chi connectivity index (χ0n) is 8.18. The SMILES string of the molecule is O=C(O)c1ccc2c(c1)[C@@H]1C[C@H](O)[C@H]2C1. The van der Waals surface area contributed by atoms with Crippen LogP contribution in [0.15, 0.2) is 18.2 Å². The minimum atomic E-state index is -0.874. The Morgan fingerprint density at radius 1 is 1.27 bits per heavy atom. The van der Waals surface area contributed by atoms with Gasteiger partial charge in [0.05, 0.1) is 11.7 Å². The Bertz CT molecular complexity index is 438. The summed E-state index contributed by atoms with van der Waals surface area (Å²) in [5, 5.41) is 18.6. The summed E-state index contributed by atoms with van der Waals surface area (Å²) in [4.78, 5) is 10.8. The molecule has 3 heteroatoms. The molecule has 0 unspecified atom stereocenters. The van der Waals surface area contributed by atoms with E-state index in [1.807, 2.05) is 6.07 Å². The van der Waals surface area contributed by atoms with Crippen LogP contribution in [0.5, 0.6) is 0 Å². The van der Waals surface area contributed by atoms with Crippen LogP contribution < -0.4 is 0 Å². The second-order valence-corrected chi connectivity index (χ2v) is 4.49. The van der Waals surface area contributed by atoms with Gasteiger partial charge in [-0.05, 0) is 42.0 Å². The number of aliphatic hydroxyl groups excluding tert-OH is 1. The van der Waals surface area contributed by atoms with Gasteiger partial charge in [0.15, 0.2) is 0 Å². The molecule has 78 valence electrons. The summed E-state index contributed by atoms with van der Waals surface area (Å²) in [6, 6.07) is 5.27. The Morgan fingerprint density at radius 2 is 2.07 bits per heavy atom. The van der Waals surface area contributed by atoms with Gasteiger partial charge in [0, 0.05) is 5.92 Å². The lowest BCUT2D eigenvalue weighted by Crippen LogP contribution is -2.15. The van der Waals surface area contributed by atoms with E-state index in [9.17, 15) is 9.90 Å². The number of aromatic carboxylic acids is 1. The summed E-state index contributed by atoms with van der Waals surface area (Å²) in [5.74, 6) is -0.256. The Morgan fingerprint density at radius 3 is 2.80 bits per heavy atom. The second-order valence-electron chi connectivity index (χ2n) is 4.49. The van der Waals surface area contributed by atoms with E-state index in [4.69, 9.17) is 5.11 Å². The number of carboxylic acids is 1. The van der Waals surface area contributed by atoms with E-state index >= 15 is 0 Å². The van der Waals surface area contributed by atoms with Gasteiger partial charge in [-0.1, -0.05) is 6.07 Å². The van der Waals surface area contributed by atoms with Crippen LogP contribution in [0.2, 0.25) is 0 Å². The molecule has 3 nitrogen and oxygen atoms in total. The zero-order chi connectivity index (χ0) is 10.6. The fourth-order valence-corrected chi connectivity index (χ4v) is 3.00. The third-order valence-electron chi connectivity index (χ3n) is 3.70. The van der Waals surface area contributed by atoms with Crippen molar-refractivity contribution >= 4 is 5.97 Å². The van der Waals surface area contributed by atoms with Gasteiger partial charge in [-0.15, -0.1) is 0 Å². The van der Waals surface area contributed by atoms with Crippen LogP contribution in [0.25, 0.3) is 0 Å². The molecular formula is C12H12O3. The predicted octanol–water partition coefficient (Wildman–Crippen LogP) is 1.72. The van der Waals surface area contributed by atoms with Crippen molar-refractivity contribution in [3.63, 3.8) is 0 Å². The lowest BCUT2D eigenvalue weighted by molar-refractivity contribution is 0.0696. The van der Waals surface area contributed by atoms with E-state index in [1.54, 1.807) is 12.1 Å². The van der Waals surface area contributed by atoms with Crippen LogP contribution in [-0.2, 0) is 0 Å². The van der Waals surface area contributed by atoms with Gasteiger partial charge < -0.3 is 10.2 Å². The molecule has 0 aliphatic heterocycles. The van der Waals surface area contributed by atoms with Gasteiger partial charge >= 0.3 is 5.97 Å². The highest BCUT2D eigenvalue weighted by Crippen LogP contribution is 2.53. The molecule has 0 aromatic heterocycles. The first kappa shape index (κ1) is 8.92. The first-order valence-corrected chi connectivity index (χ1v) is 5.22.